The molecule has 0 unspecified atom stereocenters. The molecule has 0 aliphatic rings. The molecule has 0 spiro atoms. The molecule has 0 fully saturated rings. The molecule has 35 heavy (non-hydrogen) atoms. The number of anilines is 1. The molecule has 0 aromatic heterocycles. The van der Waals surface area contributed by atoms with Gasteiger partial charge in [-0.3, -0.25) is 9.10 Å². The van der Waals surface area contributed by atoms with Gasteiger partial charge in [-0.15, -0.1) is 0 Å². The van der Waals surface area contributed by atoms with E-state index in [-0.39, 0.29) is 34.9 Å². The van der Waals surface area contributed by atoms with E-state index in [1.54, 1.807) is 37.3 Å². The van der Waals surface area contributed by atoms with E-state index >= 15 is 0 Å². The summed E-state index contributed by atoms with van der Waals surface area (Å²) in [4.78, 5) is 13.4. The zero-order chi connectivity index (χ0) is 25.8. The van der Waals surface area contributed by atoms with Crippen molar-refractivity contribution in [3.8, 4) is 11.5 Å². The van der Waals surface area contributed by atoms with E-state index in [2.05, 4.69) is 5.32 Å². The van der Waals surface area contributed by atoms with Gasteiger partial charge in [0.2, 0.25) is 10.0 Å². The molecule has 0 aliphatic heterocycles. The summed E-state index contributed by atoms with van der Waals surface area (Å²) in [6.07, 6.45) is 0.989. The minimum Gasteiger partial charge on any atom is -0.493 e. The Bertz CT molecular complexity index is 1320. The van der Waals surface area contributed by atoms with Gasteiger partial charge >= 0.3 is 0 Å². The third-order valence-electron chi connectivity index (χ3n) is 5.40. The van der Waals surface area contributed by atoms with Gasteiger partial charge in [0.05, 0.1) is 44.3 Å². The molecule has 3 rings (SSSR count). The Morgan fingerprint density at radius 3 is 2.23 bits per heavy atom. The van der Waals surface area contributed by atoms with Crippen molar-refractivity contribution in [2.75, 3.05) is 24.8 Å². The number of nitrogens with zero attached hydrogens (tertiary/aromatic N) is 1. The zero-order valence-electron chi connectivity index (χ0n) is 19.7. The normalized spacial score (nSPS) is 12.1. The molecule has 0 radical (unpaired) electrons. The van der Waals surface area contributed by atoms with Crippen molar-refractivity contribution in [2.45, 2.75) is 19.5 Å². The molecular weight excluding hydrogens is 495 g/mol. The minimum absolute atomic E-state index is 0.0187. The zero-order valence-corrected chi connectivity index (χ0v) is 21.3. The van der Waals surface area contributed by atoms with Crippen LogP contribution in [0, 0.1) is 5.82 Å². The highest BCUT2D eigenvalue weighted by Crippen LogP contribution is 2.37. The van der Waals surface area contributed by atoms with Crippen LogP contribution >= 0.6 is 11.6 Å². The second-order valence-electron chi connectivity index (χ2n) is 7.83. The van der Waals surface area contributed by atoms with E-state index in [0.717, 1.165) is 16.1 Å². The first-order valence-electron chi connectivity index (χ1n) is 10.6. The lowest BCUT2D eigenvalue weighted by molar-refractivity contribution is 0.0940. The van der Waals surface area contributed by atoms with Crippen molar-refractivity contribution in [2.24, 2.45) is 0 Å². The average molecular weight is 521 g/mol. The van der Waals surface area contributed by atoms with E-state index in [1.807, 2.05) is 0 Å². The molecule has 0 aliphatic carbocycles. The molecular formula is C25H26ClFN2O5S. The molecule has 0 heterocycles. The molecule has 0 bridgehead atoms. The SMILES string of the molecule is COc1cc(C(=O)N[C@H](C)c2ccc(Cl)cc2)c(N(Cc2ccccc2F)S(C)(=O)=O)cc1OC. The lowest BCUT2D eigenvalue weighted by Gasteiger charge is -2.26. The predicted octanol–water partition coefficient (Wildman–Crippen LogP) is 4.95. The number of amides is 1. The molecule has 1 atom stereocenters. The topological polar surface area (TPSA) is 84.9 Å². The van der Waals surface area contributed by atoms with Crippen LogP contribution in [0.5, 0.6) is 11.5 Å². The summed E-state index contributed by atoms with van der Waals surface area (Å²) in [7, 11) is -1.14. The van der Waals surface area contributed by atoms with E-state index in [9.17, 15) is 17.6 Å². The third kappa shape index (κ3) is 6.23. The van der Waals surface area contributed by atoms with Gasteiger partial charge in [0.1, 0.15) is 5.82 Å². The van der Waals surface area contributed by atoms with E-state index in [1.165, 1.54) is 44.6 Å². The Morgan fingerprint density at radius 2 is 1.66 bits per heavy atom. The predicted molar refractivity (Wildman–Crippen MR) is 134 cm³/mol. The Kier molecular flexibility index (Phi) is 8.24. The van der Waals surface area contributed by atoms with Crippen LogP contribution in [0.3, 0.4) is 0 Å². The summed E-state index contributed by atoms with van der Waals surface area (Å²) in [5, 5.41) is 3.43. The highest BCUT2D eigenvalue weighted by molar-refractivity contribution is 7.92. The van der Waals surface area contributed by atoms with Gasteiger partial charge in [0.25, 0.3) is 5.91 Å². The Hall–Kier alpha value is -3.30. The molecule has 0 saturated heterocycles. The van der Waals surface area contributed by atoms with Crippen molar-refractivity contribution >= 4 is 33.2 Å². The van der Waals surface area contributed by atoms with Crippen LogP contribution in [-0.4, -0.2) is 34.8 Å². The molecule has 186 valence electrons. The number of carbonyl (C=O) groups is 1. The molecule has 3 aromatic rings. The maximum absolute atomic E-state index is 14.4. The number of halogens is 2. The van der Waals surface area contributed by atoms with Crippen LogP contribution in [0.4, 0.5) is 10.1 Å². The van der Waals surface area contributed by atoms with E-state index in [4.69, 9.17) is 21.1 Å². The first kappa shape index (κ1) is 26.3. The maximum Gasteiger partial charge on any atom is 0.254 e. The van der Waals surface area contributed by atoms with Gasteiger partial charge in [0.15, 0.2) is 11.5 Å². The minimum atomic E-state index is -3.94. The van der Waals surface area contributed by atoms with Crippen LogP contribution in [0.15, 0.2) is 60.7 Å². The van der Waals surface area contributed by atoms with Crippen LogP contribution < -0.4 is 19.1 Å². The molecule has 1 N–H and O–H groups in total. The van der Waals surface area contributed by atoms with Crippen molar-refractivity contribution in [3.63, 3.8) is 0 Å². The monoisotopic (exact) mass is 520 g/mol. The fourth-order valence-corrected chi connectivity index (χ4v) is 4.54. The number of benzene rings is 3. The van der Waals surface area contributed by atoms with Crippen LogP contribution in [0.1, 0.15) is 34.5 Å². The number of ether oxygens (including phenoxy) is 2. The van der Waals surface area contributed by atoms with Gasteiger partial charge in [-0.25, -0.2) is 12.8 Å². The van der Waals surface area contributed by atoms with Crippen molar-refractivity contribution in [1.82, 2.24) is 5.32 Å². The van der Waals surface area contributed by atoms with Gasteiger partial charge < -0.3 is 14.8 Å². The van der Waals surface area contributed by atoms with Crippen LogP contribution in [0.25, 0.3) is 0 Å². The Balaban J connectivity index is 2.10. The maximum atomic E-state index is 14.4. The van der Waals surface area contributed by atoms with Crippen LogP contribution in [-0.2, 0) is 16.6 Å². The summed E-state index contributed by atoms with van der Waals surface area (Å²) in [6, 6.07) is 15.2. The van der Waals surface area contributed by atoms with Gasteiger partial charge in [-0.05, 0) is 36.8 Å². The molecule has 0 saturated carbocycles. The standard InChI is InChI=1S/C25H26ClFN2O5S/c1-16(17-9-11-19(26)12-10-17)28-25(30)20-13-23(33-2)24(34-3)14-22(20)29(35(4,31)32)15-18-7-5-6-8-21(18)27/h5-14,16H,15H2,1-4H3,(H,28,30)/t16-/m1/s1. The second kappa shape index (κ2) is 11.0. The fourth-order valence-electron chi connectivity index (χ4n) is 3.53. The summed E-state index contributed by atoms with van der Waals surface area (Å²) >= 11 is 5.95. The summed E-state index contributed by atoms with van der Waals surface area (Å²) in [6.45, 7) is 1.46. The number of rotatable bonds is 9. The van der Waals surface area contributed by atoms with E-state index < -0.39 is 27.8 Å². The first-order valence-corrected chi connectivity index (χ1v) is 12.8. The highest BCUT2D eigenvalue weighted by atomic mass is 35.5. The number of hydrogen-bond acceptors (Lipinski definition) is 5. The van der Waals surface area contributed by atoms with Crippen molar-refractivity contribution in [1.29, 1.82) is 0 Å². The smallest absolute Gasteiger partial charge is 0.254 e. The number of hydrogen-bond donors (Lipinski definition) is 1. The lowest BCUT2D eigenvalue weighted by atomic mass is 10.1. The largest absolute Gasteiger partial charge is 0.493 e. The summed E-state index contributed by atoms with van der Waals surface area (Å²) < 4.78 is 51.7. The van der Waals surface area contributed by atoms with Crippen LogP contribution in [0.2, 0.25) is 5.02 Å². The lowest BCUT2D eigenvalue weighted by Crippen LogP contribution is -2.33. The van der Waals surface area contributed by atoms with E-state index in [0.29, 0.717) is 5.02 Å². The highest BCUT2D eigenvalue weighted by Gasteiger charge is 2.28. The molecule has 3 aromatic carbocycles. The quantitative estimate of drug-likeness (QED) is 0.431. The number of carbonyl (C=O) groups excluding carboxylic acids is 1. The Labute approximate surface area is 209 Å². The van der Waals surface area contributed by atoms with Gasteiger partial charge in [0, 0.05) is 16.7 Å². The molecule has 10 heteroatoms. The van der Waals surface area contributed by atoms with Crippen molar-refractivity contribution in [3.05, 3.63) is 88.2 Å². The number of nitrogens with one attached hydrogen (secondary N) is 1. The summed E-state index contributed by atoms with van der Waals surface area (Å²) in [5.41, 5.74) is 0.990. The average Bonchev–Trinajstić information content (AvgIpc) is 2.82. The molecule has 1 amide bonds. The number of methoxy groups -OCH3 is 2. The van der Waals surface area contributed by atoms with Crippen molar-refractivity contribution < 1.29 is 27.1 Å². The van der Waals surface area contributed by atoms with Gasteiger partial charge in [-0.2, -0.15) is 0 Å². The van der Waals surface area contributed by atoms with Gasteiger partial charge in [-0.1, -0.05) is 41.9 Å². The fraction of sp³-hybridized carbons (Fsp3) is 0.240. The molecule has 7 nitrogen and oxygen atoms in total. The first-order chi connectivity index (χ1) is 16.5. The second-order valence-corrected chi connectivity index (χ2v) is 10.2. The third-order valence-corrected chi connectivity index (χ3v) is 6.78. The Morgan fingerprint density at radius 1 is 1.06 bits per heavy atom. The summed E-state index contributed by atoms with van der Waals surface area (Å²) in [5.74, 6) is -0.665. The number of sulfonamides is 1.